The molecule has 0 radical (unpaired) electrons. The molecule has 4 aliphatic rings. The number of anilines is 1. The van der Waals surface area contributed by atoms with Gasteiger partial charge in [0.2, 0.25) is 0 Å². The molecule has 57 heavy (non-hydrogen) atoms. The molecule has 288 valence electrons. The third kappa shape index (κ3) is 6.11. The Morgan fingerprint density at radius 2 is 1.37 bits per heavy atom. The molecule has 0 aromatic heterocycles. The molecule has 10 rings (SSSR count). The average molecular weight is 772 g/mol. The van der Waals surface area contributed by atoms with Gasteiger partial charge < -0.3 is 23.8 Å². The van der Waals surface area contributed by atoms with Gasteiger partial charge in [-0.05, 0) is 95.1 Å². The van der Waals surface area contributed by atoms with E-state index in [1.165, 1.54) is 75.9 Å². The lowest BCUT2D eigenvalue weighted by Gasteiger charge is -2.40. The molecular formula is C51H49NO4S. The van der Waals surface area contributed by atoms with E-state index in [1.807, 2.05) is 12.1 Å². The van der Waals surface area contributed by atoms with E-state index in [4.69, 9.17) is 18.9 Å². The lowest BCUT2D eigenvalue weighted by Crippen LogP contribution is -2.37. The van der Waals surface area contributed by atoms with Crippen LogP contribution in [0, 0.1) is 0 Å². The molecule has 2 heterocycles. The van der Waals surface area contributed by atoms with Crippen molar-refractivity contribution in [2.24, 2.45) is 0 Å². The van der Waals surface area contributed by atoms with Gasteiger partial charge in [-0.3, -0.25) is 0 Å². The van der Waals surface area contributed by atoms with Gasteiger partial charge in [0.15, 0.2) is 5.60 Å². The first-order chi connectivity index (χ1) is 28.1. The van der Waals surface area contributed by atoms with Crippen LogP contribution in [0.1, 0.15) is 72.8 Å². The maximum Gasteiger partial charge on any atom is 0.178 e. The van der Waals surface area contributed by atoms with Gasteiger partial charge in [0.25, 0.3) is 0 Å². The zero-order valence-corrected chi connectivity index (χ0v) is 33.7. The van der Waals surface area contributed by atoms with Gasteiger partial charge in [0.1, 0.15) is 17.2 Å². The summed E-state index contributed by atoms with van der Waals surface area (Å²) in [5.41, 5.74) is 9.18. The Labute approximate surface area is 340 Å². The predicted octanol–water partition coefficient (Wildman–Crippen LogP) is 12.2. The summed E-state index contributed by atoms with van der Waals surface area (Å²) in [6.07, 6.45) is 13.3. The summed E-state index contributed by atoms with van der Waals surface area (Å²) in [6, 6.07) is 41.9. The molecule has 2 aliphatic carbocycles. The maximum absolute atomic E-state index is 7.81. The Morgan fingerprint density at radius 1 is 0.684 bits per heavy atom. The number of rotatable bonds is 7. The number of fused-ring (bicyclic) bond motifs is 10. The normalized spacial score (nSPS) is 19.6. The highest BCUT2D eigenvalue weighted by Gasteiger charge is 2.48. The van der Waals surface area contributed by atoms with Crippen LogP contribution in [-0.2, 0) is 15.8 Å². The van der Waals surface area contributed by atoms with Crippen molar-refractivity contribution in [3.05, 3.63) is 149 Å². The molecule has 6 heteroatoms. The first-order valence-electron chi connectivity index (χ1n) is 20.6. The maximum atomic E-state index is 7.81. The molecular weight excluding hydrogens is 723 g/mol. The van der Waals surface area contributed by atoms with Crippen molar-refractivity contribution in [2.75, 3.05) is 45.4 Å². The minimum Gasteiger partial charge on any atom is -0.497 e. The number of morpholine rings is 1. The minimum atomic E-state index is -0.895. The first kappa shape index (κ1) is 36.2. The van der Waals surface area contributed by atoms with E-state index in [0.29, 0.717) is 0 Å². The van der Waals surface area contributed by atoms with E-state index < -0.39 is 5.60 Å². The quantitative estimate of drug-likeness (QED) is 0.161. The summed E-state index contributed by atoms with van der Waals surface area (Å²) in [4.78, 5) is 4.68. The monoisotopic (exact) mass is 771 g/mol. The van der Waals surface area contributed by atoms with Crippen LogP contribution >= 0.6 is 11.8 Å². The van der Waals surface area contributed by atoms with Gasteiger partial charge >= 0.3 is 0 Å². The fourth-order valence-electron chi connectivity index (χ4n) is 10.1. The van der Waals surface area contributed by atoms with Gasteiger partial charge in [-0.25, -0.2) is 0 Å². The zero-order valence-electron chi connectivity index (χ0n) is 32.9. The summed E-state index contributed by atoms with van der Waals surface area (Å²) < 4.78 is 25.4. The van der Waals surface area contributed by atoms with Crippen LogP contribution < -0.4 is 19.1 Å². The lowest BCUT2D eigenvalue weighted by molar-refractivity contribution is 0.122. The molecule has 5 nitrogen and oxygen atoms in total. The van der Waals surface area contributed by atoms with Crippen molar-refractivity contribution in [3.8, 4) is 28.4 Å². The molecule has 0 bridgehead atoms. The molecule has 1 saturated carbocycles. The standard InChI is InChI=1S/C51H49NO4S/c1-53-38-23-19-36(20-24-38)51(35-17-21-37(22-18-35)52-29-31-55-32-30-52)28-25-41-48-47(40-15-9-10-16-44(40)50(48)26-11-4-3-5-12-27-50)42-34-46(57-39-13-7-6-8-14-39)45(54-2)33-43(42)49(41)56-51/h6-10,13-25,28,33-34H,3-5,11-12,26-27,29-32H2,1-2H3. The van der Waals surface area contributed by atoms with E-state index in [9.17, 15) is 0 Å². The predicted molar refractivity (Wildman–Crippen MR) is 233 cm³/mol. The van der Waals surface area contributed by atoms with Crippen LogP contribution in [0.3, 0.4) is 0 Å². The van der Waals surface area contributed by atoms with Gasteiger partial charge in [-0.2, -0.15) is 0 Å². The number of methoxy groups -OCH3 is 2. The molecule has 1 unspecified atom stereocenters. The van der Waals surface area contributed by atoms with Crippen molar-refractivity contribution >= 4 is 34.3 Å². The van der Waals surface area contributed by atoms with Crippen LogP contribution in [0.25, 0.3) is 28.0 Å². The number of benzene rings is 6. The molecule has 0 amide bonds. The summed E-state index contributed by atoms with van der Waals surface area (Å²) >= 11 is 1.76. The topological polar surface area (TPSA) is 40.2 Å². The van der Waals surface area contributed by atoms with Gasteiger partial charge in [-0.1, -0.05) is 117 Å². The molecule has 0 N–H and O–H groups in total. The Kier molecular flexibility index (Phi) is 9.50. The van der Waals surface area contributed by atoms with Gasteiger partial charge in [0, 0.05) is 51.2 Å². The Hall–Kier alpha value is -5.17. The molecule has 6 aromatic carbocycles. The van der Waals surface area contributed by atoms with E-state index in [2.05, 4.69) is 120 Å². The Morgan fingerprint density at radius 3 is 2.09 bits per heavy atom. The lowest BCUT2D eigenvalue weighted by atomic mass is 9.67. The van der Waals surface area contributed by atoms with E-state index in [-0.39, 0.29) is 5.41 Å². The number of hydrogen-bond acceptors (Lipinski definition) is 6. The smallest absolute Gasteiger partial charge is 0.178 e. The Bertz CT molecular complexity index is 2450. The highest BCUT2D eigenvalue weighted by Crippen LogP contribution is 2.62. The summed E-state index contributed by atoms with van der Waals surface area (Å²) in [7, 11) is 3.50. The van der Waals surface area contributed by atoms with Crippen LogP contribution in [0.15, 0.2) is 131 Å². The minimum absolute atomic E-state index is 0.0924. The van der Waals surface area contributed by atoms with Crippen LogP contribution in [0.2, 0.25) is 0 Å². The van der Waals surface area contributed by atoms with Crippen molar-refractivity contribution < 1.29 is 18.9 Å². The van der Waals surface area contributed by atoms with E-state index in [1.54, 1.807) is 26.0 Å². The molecule has 1 saturated heterocycles. The molecule has 1 spiro atoms. The third-order valence-electron chi connectivity index (χ3n) is 12.9. The highest BCUT2D eigenvalue weighted by molar-refractivity contribution is 7.99. The molecule has 2 aliphatic heterocycles. The van der Waals surface area contributed by atoms with Crippen molar-refractivity contribution in [1.29, 1.82) is 0 Å². The second-order valence-corrected chi connectivity index (χ2v) is 17.0. The second-order valence-electron chi connectivity index (χ2n) is 15.9. The van der Waals surface area contributed by atoms with Gasteiger partial charge in [0.05, 0.1) is 32.3 Å². The highest BCUT2D eigenvalue weighted by atomic mass is 32.2. The zero-order chi connectivity index (χ0) is 38.4. The van der Waals surface area contributed by atoms with Crippen LogP contribution in [-0.4, -0.2) is 40.5 Å². The number of nitrogens with zero attached hydrogens (tertiary/aromatic N) is 1. The second kappa shape index (κ2) is 15.0. The van der Waals surface area contributed by atoms with E-state index >= 15 is 0 Å². The SMILES string of the molecule is COc1ccc(C2(c3ccc(N4CCOCC4)cc3)C=Cc3c4c(c5cc(Sc6ccccc6)c(OC)cc5c3O2)-c2ccccc2C42CCCCCCC2)cc1. The van der Waals surface area contributed by atoms with Crippen molar-refractivity contribution in [2.45, 2.75) is 65.8 Å². The van der Waals surface area contributed by atoms with Crippen molar-refractivity contribution in [3.63, 3.8) is 0 Å². The van der Waals surface area contributed by atoms with Gasteiger partial charge in [-0.15, -0.1) is 0 Å². The third-order valence-corrected chi connectivity index (χ3v) is 13.9. The molecule has 1 atom stereocenters. The molecule has 6 aromatic rings. The fourth-order valence-corrected chi connectivity index (χ4v) is 11.1. The van der Waals surface area contributed by atoms with Crippen molar-refractivity contribution in [1.82, 2.24) is 0 Å². The Balaban J connectivity index is 1.24. The number of hydrogen-bond donors (Lipinski definition) is 0. The first-order valence-corrected chi connectivity index (χ1v) is 21.4. The largest absolute Gasteiger partial charge is 0.497 e. The average Bonchev–Trinajstić information content (AvgIpc) is 3.56. The fraction of sp³-hybridized carbons (Fsp3) is 0.294. The van der Waals surface area contributed by atoms with Crippen LogP contribution in [0.4, 0.5) is 5.69 Å². The molecule has 2 fully saturated rings. The van der Waals surface area contributed by atoms with E-state index in [0.717, 1.165) is 77.8 Å². The summed E-state index contributed by atoms with van der Waals surface area (Å²) in [6.45, 7) is 3.27. The number of ether oxygens (including phenoxy) is 4. The van der Waals surface area contributed by atoms with Crippen LogP contribution in [0.5, 0.6) is 17.2 Å². The summed E-state index contributed by atoms with van der Waals surface area (Å²) in [5, 5.41) is 2.29. The summed E-state index contributed by atoms with van der Waals surface area (Å²) in [5.74, 6) is 2.58.